The standard InChI is InChI=1S/C12H11F4NO/c1-17-10-3-2-7(13)6-9(10)8(4-5-18)11(17)12(14,15)16/h2-3,6,18H,4-5H2,1H3. The van der Waals surface area contributed by atoms with Gasteiger partial charge in [-0.2, -0.15) is 13.2 Å². The van der Waals surface area contributed by atoms with Crippen molar-refractivity contribution in [2.75, 3.05) is 6.61 Å². The van der Waals surface area contributed by atoms with Crippen molar-refractivity contribution in [2.45, 2.75) is 12.6 Å². The predicted octanol–water partition coefficient (Wildman–Crippen LogP) is 2.87. The van der Waals surface area contributed by atoms with E-state index >= 15 is 0 Å². The summed E-state index contributed by atoms with van der Waals surface area (Å²) >= 11 is 0. The fraction of sp³-hybridized carbons (Fsp3) is 0.333. The number of hydrogen-bond donors (Lipinski definition) is 1. The fourth-order valence-corrected chi connectivity index (χ4v) is 2.22. The zero-order valence-electron chi connectivity index (χ0n) is 9.55. The predicted molar refractivity (Wildman–Crippen MR) is 58.7 cm³/mol. The lowest BCUT2D eigenvalue weighted by Crippen LogP contribution is -2.14. The van der Waals surface area contributed by atoms with Crippen molar-refractivity contribution in [3.8, 4) is 0 Å². The summed E-state index contributed by atoms with van der Waals surface area (Å²) in [6.45, 7) is -0.418. The smallest absolute Gasteiger partial charge is 0.396 e. The first-order valence-electron chi connectivity index (χ1n) is 5.31. The van der Waals surface area contributed by atoms with Crippen molar-refractivity contribution in [2.24, 2.45) is 7.05 Å². The number of aryl methyl sites for hydroxylation is 1. The normalized spacial score (nSPS) is 12.3. The molecular weight excluding hydrogens is 250 g/mol. The summed E-state index contributed by atoms with van der Waals surface area (Å²) in [5.41, 5.74) is -0.605. The highest BCUT2D eigenvalue weighted by atomic mass is 19.4. The molecule has 2 nitrogen and oxygen atoms in total. The molecule has 18 heavy (non-hydrogen) atoms. The minimum Gasteiger partial charge on any atom is -0.396 e. The zero-order chi connectivity index (χ0) is 13.5. The quantitative estimate of drug-likeness (QED) is 0.826. The van der Waals surface area contributed by atoms with E-state index in [1.807, 2.05) is 0 Å². The first-order valence-corrected chi connectivity index (χ1v) is 5.31. The number of aliphatic hydroxyl groups is 1. The molecule has 2 rings (SSSR count). The Kier molecular flexibility index (Phi) is 3.06. The van der Waals surface area contributed by atoms with Gasteiger partial charge in [0.05, 0.1) is 0 Å². The monoisotopic (exact) mass is 261 g/mol. The molecule has 1 aromatic heterocycles. The van der Waals surface area contributed by atoms with Crippen LogP contribution in [0.5, 0.6) is 0 Å². The summed E-state index contributed by atoms with van der Waals surface area (Å²) in [5.74, 6) is -0.596. The SMILES string of the molecule is Cn1c(C(F)(F)F)c(CCO)c2cc(F)ccc21. The molecule has 0 aliphatic rings. The molecule has 0 spiro atoms. The minimum atomic E-state index is -4.53. The van der Waals surface area contributed by atoms with E-state index in [2.05, 4.69) is 0 Å². The maximum atomic E-state index is 13.1. The number of halogens is 4. The molecule has 0 aliphatic carbocycles. The second-order valence-electron chi connectivity index (χ2n) is 4.02. The van der Waals surface area contributed by atoms with Crippen molar-refractivity contribution in [1.29, 1.82) is 0 Å². The van der Waals surface area contributed by atoms with E-state index in [1.165, 1.54) is 13.1 Å². The lowest BCUT2D eigenvalue weighted by molar-refractivity contribution is -0.143. The van der Waals surface area contributed by atoms with Crippen LogP contribution in [0.25, 0.3) is 10.9 Å². The molecule has 98 valence electrons. The molecule has 2 aromatic rings. The molecule has 0 amide bonds. The topological polar surface area (TPSA) is 25.2 Å². The van der Waals surface area contributed by atoms with Crippen LogP contribution in [0.15, 0.2) is 18.2 Å². The van der Waals surface area contributed by atoms with E-state index in [0.29, 0.717) is 5.52 Å². The van der Waals surface area contributed by atoms with E-state index in [0.717, 1.165) is 16.7 Å². The van der Waals surface area contributed by atoms with Crippen LogP contribution < -0.4 is 0 Å². The highest BCUT2D eigenvalue weighted by Gasteiger charge is 2.38. The Morgan fingerprint density at radius 2 is 1.94 bits per heavy atom. The highest BCUT2D eigenvalue weighted by Crippen LogP contribution is 2.37. The summed E-state index contributed by atoms with van der Waals surface area (Å²) in [5, 5.41) is 9.07. The molecule has 0 fully saturated rings. The molecule has 0 atom stereocenters. The third-order valence-electron chi connectivity index (χ3n) is 2.90. The van der Waals surface area contributed by atoms with Gasteiger partial charge in [-0.1, -0.05) is 0 Å². The van der Waals surface area contributed by atoms with Gasteiger partial charge in [-0.3, -0.25) is 0 Å². The van der Waals surface area contributed by atoms with Gasteiger partial charge in [0.25, 0.3) is 0 Å². The molecular formula is C12H11F4NO. The van der Waals surface area contributed by atoms with Gasteiger partial charge in [-0.25, -0.2) is 4.39 Å². The molecule has 6 heteroatoms. The van der Waals surface area contributed by atoms with E-state index in [1.54, 1.807) is 0 Å². The fourth-order valence-electron chi connectivity index (χ4n) is 2.22. The molecule has 0 saturated heterocycles. The number of aliphatic hydroxyl groups excluding tert-OH is 1. The molecule has 0 saturated carbocycles. The molecule has 0 radical (unpaired) electrons. The van der Waals surface area contributed by atoms with Crippen molar-refractivity contribution in [3.05, 3.63) is 35.3 Å². The second kappa shape index (κ2) is 4.28. The van der Waals surface area contributed by atoms with Crippen molar-refractivity contribution in [1.82, 2.24) is 4.57 Å². The molecule has 1 heterocycles. The summed E-state index contributed by atoms with van der Waals surface area (Å²) in [6.07, 6.45) is -4.69. The number of fused-ring (bicyclic) bond motifs is 1. The summed E-state index contributed by atoms with van der Waals surface area (Å²) in [4.78, 5) is 0. The third kappa shape index (κ3) is 1.96. The van der Waals surface area contributed by atoms with Gasteiger partial charge in [-0.05, 0) is 30.2 Å². The number of benzene rings is 1. The second-order valence-corrected chi connectivity index (χ2v) is 4.02. The van der Waals surface area contributed by atoms with Gasteiger partial charge >= 0.3 is 6.18 Å². The zero-order valence-corrected chi connectivity index (χ0v) is 9.55. The van der Waals surface area contributed by atoms with Gasteiger partial charge < -0.3 is 9.67 Å². The molecule has 0 aliphatic heterocycles. The Morgan fingerprint density at radius 1 is 1.28 bits per heavy atom. The van der Waals surface area contributed by atoms with Crippen LogP contribution in [-0.2, 0) is 19.6 Å². The van der Waals surface area contributed by atoms with Gasteiger partial charge in [0.2, 0.25) is 0 Å². The Bertz CT molecular complexity index is 586. The Balaban J connectivity index is 2.83. The first kappa shape index (κ1) is 12.9. The van der Waals surface area contributed by atoms with E-state index in [-0.39, 0.29) is 17.4 Å². The van der Waals surface area contributed by atoms with Crippen LogP contribution in [0, 0.1) is 5.82 Å². The van der Waals surface area contributed by atoms with E-state index in [4.69, 9.17) is 5.11 Å². The molecule has 1 aromatic carbocycles. The summed E-state index contributed by atoms with van der Waals surface area (Å²) in [7, 11) is 1.28. The third-order valence-corrected chi connectivity index (χ3v) is 2.90. The molecule has 1 N–H and O–H groups in total. The molecule has 0 bridgehead atoms. The number of aromatic nitrogens is 1. The maximum Gasteiger partial charge on any atom is 0.431 e. The van der Waals surface area contributed by atoms with Crippen LogP contribution in [0.1, 0.15) is 11.3 Å². The van der Waals surface area contributed by atoms with Crippen molar-refractivity contribution in [3.63, 3.8) is 0 Å². The van der Waals surface area contributed by atoms with E-state index < -0.39 is 24.3 Å². The number of alkyl halides is 3. The van der Waals surface area contributed by atoms with Crippen LogP contribution in [0.3, 0.4) is 0 Å². The first-order chi connectivity index (χ1) is 8.36. The Labute approximate surface area is 100 Å². The van der Waals surface area contributed by atoms with Gasteiger partial charge in [0, 0.05) is 24.6 Å². The minimum absolute atomic E-state index is 0.0676. The number of nitrogens with zero attached hydrogens (tertiary/aromatic N) is 1. The number of hydrogen-bond acceptors (Lipinski definition) is 1. The largest absolute Gasteiger partial charge is 0.431 e. The lowest BCUT2D eigenvalue weighted by Gasteiger charge is -2.10. The van der Waals surface area contributed by atoms with E-state index in [9.17, 15) is 17.6 Å². The lowest BCUT2D eigenvalue weighted by atomic mass is 10.1. The van der Waals surface area contributed by atoms with Gasteiger partial charge in [-0.15, -0.1) is 0 Å². The average Bonchev–Trinajstić information content (AvgIpc) is 2.52. The number of rotatable bonds is 2. The van der Waals surface area contributed by atoms with Crippen LogP contribution in [0.2, 0.25) is 0 Å². The average molecular weight is 261 g/mol. The Morgan fingerprint density at radius 3 is 2.50 bits per heavy atom. The highest BCUT2D eigenvalue weighted by molar-refractivity contribution is 5.86. The van der Waals surface area contributed by atoms with Gasteiger partial charge in [0.15, 0.2) is 0 Å². The van der Waals surface area contributed by atoms with Gasteiger partial charge in [0.1, 0.15) is 11.5 Å². The van der Waals surface area contributed by atoms with Crippen LogP contribution in [0.4, 0.5) is 17.6 Å². The van der Waals surface area contributed by atoms with Crippen molar-refractivity contribution < 1.29 is 22.7 Å². The summed E-state index contributed by atoms with van der Waals surface area (Å²) < 4.78 is 53.1. The van der Waals surface area contributed by atoms with Crippen LogP contribution in [-0.4, -0.2) is 16.3 Å². The Hall–Kier alpha value is -1.56. The van der Waals surface area contributed by atoms with Crippen LogP contribution >= 0.6 is 0 Å². The summed E-state index contributed by atoms with van der Waals surface area (Å²) in [6, 6.07) is 3.49. The maximum absolute atomic E-state index is 13.1. The van der Waals surface area contributed by atoms with Crippen molar-refractivity contribution >= 4 is 10.9 Å². The molecule has 0 unspecified atom stereocenters.